The standard InChI is InChI=1S/C8H13N5O2S/c1-2-3-8(4-10-13-6(9)16)5(14)11-7(15)12-8/h4H,2-3H2,1H3,(H3,9,13,16)(H2,11,12,14,15)/b10-4+. The molecule has 0 saturated carbocycles. The first-order valence-electron chi connectivity index (χ1n) is 4.73. The van der Waals surface area contributed by atoms with Gasteiger partial charge >= 0.3 is 6.03 Å². The van der Waals surface area contributed by atoms with Crippen molar-refractivity contribution < 1.29 is 9.59 Å². The van der Waals surface area contributed by atoms with Crippen molar-refractivity contribution in [1.29, 1.82) is 0 Å². The van der Waals surface area contributed by atoms with E-state index in [1.54, 1.807) is 0 Å². The van der Waals surface area contributed by atoms with Crippen molar-refractivity contribution in [3.8, 4) is 0 Å². The molecule has 1 heterocycles. The van der Waals surface area contributed by atoms with E-state index in [1.165, 1.54) is 6.21 Å². The van der Waals surface area contributed by atoms with Gasteiger partial charge in [0, 0.05) is 0 Å². The molecule has 0 aromatic carbocycles. The highest BCUT2D eigenvalue weighted by molar-refractivity contribution is 7.80. The van der Waals surface area contributed by atoms with E-state index in [1.807, 2.05) is 6.92 Å². The number of hydrogen-bond acceptors (Lipinski definition) is 4. The predicted octanol–water partition coefficient (Wildman–Crippen LogP) is -0.816. The summed E-state index contributed by atoms with van der Waals surface area (Å²) in [6.07, 6.45) is 2.47. The Kier molecular flexibility index (Phi) is 3.78. The molecule has 1 unspecified atom stereocenters. The van der Waals surface area contributed by atoms with Crippen LogP contribution in [0.2, 0.25) is 0 Å². The number of nitrogens with two attached hydrogens (primary N) is 1. The lowest BCUT2D eigenvalue weighted by molar-refractivity contribution is -0.121. The smallest absolute Gasteiger partial charge is 0.322 e. The van der Waals surface area contributed by atoms with E-state index in [9.17, 15) is 9.59 Å². The highest BCUT2D eigenvalue weighted by atomic mass is 32.1. The van der Waals surface area contributed by atoms with Crippen LogP contribution >= 0.6 is 12.2 Å². The molecule has 1 rings (SSSR count). The van der Waals surface area contributed by atoms with E-state index in [4.69, 9.17) is 5.73 Å². The van der Waals surface area contributed by atoms with Crippen LogP contribution in [0.15, 0.2) is 5.10 Å². The SMILES string of the molecule is CCCC1(/C=N/NC(N)=S)NC(=O)NC1=O. The lowest BCUT2D eigenvalue weighted by Crippen LogP contribution is -2.49. The number of rotatable bonds is 4. The minimum Gasteiger partial charge on any atom is -0.375 e. The molecule has 0 spiro atoms. The fraction of sp³-hybridized carbons (Fsp3) is 0.500. The van der Waals surface area contributed by atoms with Gasteiger partial charge in [0.1, 0.15) is 0 Å². The molecule has 1 fully saturated rings. The molecule has 1 saturated heterocycles. The summed E-state index contributed by atoms with van der Waals surface area (Å²) in [7, 11) is 0. The summed E-state index contributed by atoms with van der Waals surface area (Å²) in [5.74, 6) is -0.423. The number of hydrogen-bond donors (Lipinski definition) is 4. The molecule has 0 aliphatic carbocycles. The quantitative estimate of drug-likeness (QED) is 0.223. The highest BCUT2D eigenvalue weighted by Crippen LogP contribution is 2.15. The van der Waals surface area contributed by atoms with Gasteiger partial charge in [0.2, 0.25) is 0 Å². The average molecular weight is 243 g/mol. The Morgan fingerprint density at radius 3 is 2.81 bits per heavy atom. The van der Waals surface area contributed by atoms with Gasteiger partial charge in [-0.05, 0) is 18.6 Å². The maximum Gasteiger partial charge on any atom is 0.322 e. The fourth-order valence-corrected chi connectivity index (χ4v) is 1.49. The number of imide groups is 1. The van der Waals surface area contributed by atoms with Crippen molar-refractivity contribution in [3.05, 3.63) is 0 Å². The second kappa shape index (κ2) is 4.88. The molecule has 5 N–H and O–H groups in total. The van der Waals surface area contributed by atoms with Crippen molar-refractivity contribution >= 4 is 35.5 Å². The monoisotopic (exact) mass is 243 g/mol. The summed E-state index contributed by atoms with van der Waals surface area (Å²) in [6.45, 7) is 1.90. The lowest BCUT2D eigenvalue weighted by atomic mass is 9.96. The second-order valence-corrected chi connectivity index (χ2v) is 3.80. The first-order chi connectivity index (χ1) is 7.50. The summed E-state index contributed by atoms with van der Waals surface area (Å²) in [6, 6.07) is -0.528. The van der Waals surface area contributed by atoms with E-state index >= 15 is 0 Å². The van der Waals surface area contributed by atoms with Gasteiger partial charge in [0.05, 0.1) is 6.21 Å². The summed E-state index contributed by atoms with van der Waals surface area (Å²) in [5, 5.41) is 8.38. The van der Waals surface area contributed by atoms with Crippen molar-refractivity contribution in [3.63, 3.8) is 0 Å². The number of thiocarbonyl (C=S) groups is 1. The van der Waals surface area contributed by atoms with Crippen LogP contribution in [0.4, 0.5) is 4.79 Å². The summed E-state index contributed by atoms with van der Waals surface area (Å²) in [4.78, 5) is 22.7. The zero-order chi connectivity index (χ0) is 12.2. The van der Waals surface area contributed by atoms with E-state index in [-0.39, 0.29) is 5.11 Å². The minimum absolute atomic E-state index is 0.00682. The van der Waals surface area contributed by atoms with E-state index in [0.29, 0.717) is 12.8 Å². The molecule has 16 heavy (non-hydrogen) atoms. The van der Waals surface area contributed by atoms with Gasteiger partial charge in [-0.3, -0.25) is 15.5 Å². The molecule has 0 bridgehead atoms. The van der Waals surface area contributed by atoms with Gasteiger partial charge < -0.3 is 11.1 Å². The average Bonchev–Trinajstić information content (AvgIpc) is 2.42. The Bertz CT molecular complexity index is 356. The molecule has 88 valence electrons. The van der Waals surface area contributed by atoms with Crippen LogP contribution in [0, 0.1) is 0 Å². The number of nitrogens with zero attached hydrogens (tertiary/aromatic N) is 1. The van der Waals surface area contributed by atoms with E-state index in [2.05, 4.69) is 33.4 Å². The van der Waals surface area contributed by atoms with Crippen molar-refractivity contribution in [2.45, 2.75) is 25.3 Å². The number of carbonyl (C=O) groups excluding carboxylic acids is 2. The lowest BCUT2D eigenvalue weighted by Gasteiger charge is -2.19. The minimum atomic E-state index is -1.11. The number of nitrogens with one attached hydrogen (secondary N) is 3. The Morgan fingerprint density at radius 1 is 1.69 bits per heavy atom. The van der Waals surface area contributed by atoms with Crippen molar-refractivity contribution in [2.24, 2.45) is 10.8 Å². The third kappa shape index (κ3) is 2.66. The van der Waals surface area contributed by atoms with Gasteiger partial charge in [-0.1, -0.05) is 13.3 Å². The first-order valence-corrected chi connectivity index (χ1v) is 5.14. The maximum absolute atomic E-state index is 11.6. The molecule has 1 aliphatic heterocycles. The maximum atomic E-state index is 11.6. The molecule has 3 amide bonds. The van der Waals surface area contributed by atoms with Crippen LogP contribution in [0.25, 0.3) is 0 Å². The topological polar surface area (TPSA) is 109 Å². The number of carbonyl (C=O) groups is 2. The van der Waals surface area contributed by atoms with Crippen LogP contribution in [0.3, 0.4) is 0 Å². The summed E-state index contributed by atoms with van der Waals surface area (Å²) >= 11 is 4.55. The molecule has 8 heteroatoms. The van der Waals surface area contributed by atoms with Crippen LogP contribution < -0.4 is 21.8 Å². The molecule has 0 radical (unpaired) electrons. The van der Waals surface area contributed by atoms with Gasteiger partial charge in [0.25, 0.3) is 5.91 Å². The number of hydrazone groups is 1. The number of amides is 3. The summed E-state index contributed by atoms with van der Waals surface area (Å²) < 4.78 is 0. The largest absolute Gasteiger partial charge is 0.375 e. The highest BCUT2D eigenvalue weighted by Gasteiger charge is 2.44. The van der Waals surface area contributed by atoms with Gasteiger partial charge in [0.15, 0.2) is 10.7 Å². The summed E-state index contributed by atoms with van der Waals surface area (Å²) in [5.41, 5.74) is 6.41. The van der Waals surface area contributed by atoms with Gasteiger partial charge in [-0.15, -0.1) is 0 Å². The van der Waals surface area contributed by atoms with Crippen molar-refractivity contribution in [2.75, 3.05) is 0 Å². The normalized spacial score (nSPS) is 24.3. The van der Waals surface area contributed by atoms with Crippen LogP contribution in [-0.2, 0) is 4.79 Å². The Morgan fingerprint density at radius 2 is 2.38 bits per heavy atom. The van der Waals surface area contributed by atoms with E-state index < -0.39 is 17.5 Å². The van der Waals surface area contributed by atoms with E-state index in [0.717, 1.165) is 0 Å². The molecular formula is C8H13N5O2S. The molecule has 0 aromatic rings. The van der Waals surface area contributed by atoms with Crippen molar-refractivity contribution in [1.82, 2.24) is 16.1 Å². The Labute approximate surface area is 97.8 Å². The van der Waals surface area contributed by atoms with Crippen LogP contribution in [0.5, 0.6) is 0 Å². The third-order valence-electron chi connectivity index (χ3n) is 2.07. The Balaban J connectivity index is 2.81. The molecule has 7 nitrogen and oxygen atoms in total. The predicted molar refractivity (Wildman–Crippen MR) is 62.7 cm³/mol. The van der Waals surface area contributed by atoms with Gasteiger partial charge in [-0.2, -0.15) is 5.10 Å². The molecule has 1 aliphatic rings. The van der Waals surface area contributed by atoms with Crippen LogP contribution in [-0.4, -0.2) is 28.8 Å². The Hall–Kier alpha value is -1.70. The van der Waals surface area contributed by atoms with Gasteiger partial charge in [-0.25, -0.2) is 4.79 Å². The zero-order valence-electron chi connectivity index (χ0n) is 8.74. The van der Waals surface area contributed by atoms with Crippen LogP contribution in [0.1, 0.15) is 19.8 Å². The molecular weight excluding hydrogens is 230 g/mol. The first kappa shape index (κ1) is 12.4. The zero-order valence-corrected chi connectivity index (χ0v) is 9.56. The fourth-order valence-electron chi connectivity index (χ4n) is 1.44. The number of urea groups is 1. The second-order valence-electron chi connectivity index (χ2n) is 3.36. The third-order valence-corrected chi connectivity index (χ3v) is 2.16. The molecule has 0 aromatic heterocycles. The molecule has 1 atom stereocenters.